The van der Waals surface area contributed by atoms with Gasteiger partial charge in [-0.3, -0.25) is 4.79 Å². The Morgan fingerprint density at radius 3 is 2.59 bits per heavy atom. The first-order valence-electron chi connectivity index (χ1n) is 7.73. The van der Waals surface area contributed by atoms with E-state index >= 15 is 0 Å². The number of carbonyl (C=O) groups is 2. The number of carboxylic acids is 1. The number of carbonyl (C=O) groups excluding carboxylic acids is 2. The number of aliphatic carboxylic acids is 1. The van der Waals surface area contributed by atoms with E-state index in [1.807, 2.05) is 0 Å². The summed E-state index contributed by atoms with van der Waals surface area (Å²) in [7, 11) is 0. The molecule has 120 valence electrons. The number of amides is 1. The SMILES string of the molecule is CC(C)CCOc1ccc(C(=O)N2CCC[C@@H]2C(=O)[O-])cc1. The third-order valence-electron chi connectivity index (χ3n) is 3.85. The van der Waals surface area contributed by atoms with Gasteiger partial charge in [0.25, 0.3) is 5.91 Å². The lowest BCUT2D eigenvalue weighted by molar-refractivity contribution is -0.310. The van der Waals surface area contributed by atoms with E-state index in [1.54, 1.807) is 24.3 Å². The summed E-state index contributed by atoms with van der Waals surface area (Å²) in [4.78, 5) is 24.8. The van der Waals surface area contributed by atoms with E-state index in [0.29, 0.717) is 37.5 Å². The molecule has 0 unspecified atom stereocenters. The van der Waals surface area contributed by atoms with Gasteiger partial charge in [0.1, 0.15) is 5.75 Å². The van der Waals surface area contributed by atoms with Gasteiger partial charge in [-0.1, -0.05) is 13.8 Å². The molecule has 1 aliphatic heterocycles. The van der Waals surface area contributed by atoms with E-state index in [4.69, 9.17) is 4.74 Å². The first-order chi connectivity index (χ1) is 10.5. The molecule has 5 heteroatoms. The maximum absolute atomic E-state index is 12.4. The Hall–Kier alpha value is -2.04. The molecular weight excluding hydrogens is 282 g/mol. The van der Waals surface area contributed by atoms with Crippen LogP contribution in [0, 0.1) is 5.92 Å². The molecule has 5 nitrogen and oxygen atoms in total. The average Bonchev–Trinajstić information content (AvgIpc) is 2.96. The Balaban J connectivity index is 1.97. The van der Waals surface area contributed by atoms with Gasteiger partial charge in [-0.25, -0.2) is 0 Å². The molecule has 0 N–H and O–H groups in total. The summed E-state index contributed by atoms with van der Waals surface area (Å²) in [6.45, 7) is 5.37. The fourth-order valence-electron chi connectivity index (χ4n) is 2.53. The van der Waals surface area contributed by atoms with E-state index in [1.165, 1.54) is 4.90 Å². The first-order valence-corrected chi connectivity index (χ1v) is 7.73. The number of likely N-dealkylation sites (tertiary alicyclic amines) is 1. The predicted molar refractivity (Wildman–Crippen MR) is 80.5 cm³/mol. The van der Waals surface area contributed by atoms with Gasteiger partial charge in [-0.05, 0) is 49.4 Å². The summed E-state index contributed by atoms with van der Waals surface area (Å²) < 4.78 is 5.61. The van der Waals surface area contributed by atoms with Crippen LogP contribution >= 0.6 is 0 Å². The topological polar surface area (TPSA) is 69.7 Å². The zero-order valence-corrected chi connectivity index (χ0v) is 13.1. The summed E-state index contributed by atoms with van der Waals surface area (Å²) in [5, 5.41) is 11.1. The number of hydrogen-bond acceptors (Lipinski definition) is 4. The summed E-state index contributed by atoms with van der Waals surface area (Å²) in [5.41, 5.74) is 0.476. The third-order valence-corrected chi connectivity index (χ3v) is 3.85. The van der Waals surface area contributed by atoms with Gasteiger partial charge in [0.2, 0.25) is 0 Å². The summed E-state index contributed by atoms with van der Waals surface area (Å²) in [6, 6.07) is 6.04. The average molecular weight is 304 g/mol. The van der Waals surface area contributed by atoms with Crippen molar-refractivity contribution in [3.63, 3.8) is 0 Å². The predicted octanol–water partition coefficient (Wildman–Crippen LogP) is 1.47. The standard InChI is InChI=1S/C17H23NO4/c1-12(2)9-11-22-14-7-5-13(6-8-14)16(19)18-10-3-4-15(18)17(20)21/h5-8,12,15H,3-4,9-11H2,1-2H3,(H,20,21)/p-1/t15-/m1/s1. The van der Waals surface area contributed by atoms with Crippen LogP contribution in [-0.2, 0) is 4.79 Å². The van der Waals surface area contributed by atoms with Crippen molar-refractivity contribution >= 4 is 11.9 Å². The lowest BCUT2D eigenvalue weighted by Gasteiger charge is -2.25. The monoisotopic (exact) mass is 304 g/mol. The van der Waals surface area contributed by atoms with Crippen molar-refractivity contribution in [1.29, 1.82) is 0 Å². The van der Waals surface area contributed by atoms with Crippen LogP contribution in [-0.4, -0.2) is 36.0 Å². The van der Waals surface area contributed by atoms with Gasteiger partial charge < -0.3 is 19.5 Å². The van der Waals surface area contributed by atoms with Gasteiger partial charge in [-0.15, -0.1) is 0 Å². The minimum absolute atomic E-state index is 0.263. The molecular formula is C17H22NO4-. The lowest BCUT2D eigenvalue weighted by Crippen LogP contribution is -2.46. The van der Waals surface area contributed by atoms with Crippen molar-refractivity contribution in [2.75, 3.05) is 13.2 Å². The van der Waals surface area contributed by atoms with E-state index in [0.717, 1.165) is 12.2 Å². The second-order valence-electron chi connectivity index (χ2n) is 6.03. The summed E-state index contributed by atoms with van der Waals surface area (Å²) >= 11 is 0. The van der Waals surface area contributed by atoms with Crippen molar-refractivity contribution in [2.45, 2.75) is 39.2 Å². The minimum atomic E-state index is -1.18. The summed E-state index contributed by atoms with van der Waals surface area (Å²) in [6.07, 6.45) is 2.13. The molecule has 0 bridgehead atoms. The van der Waals surface area contributed by atoms with Crippen molar-refractivity contribution in [3.05, 3.63) is 29.8 Å². The van der Waals surface area contributed by atoms with Crippen LogP contribution in [0.4, 0.5) is 0 Å². The van der Waals surface area contributed by atoms with Gasteiger partial charge in [0.05, 0.1) is 18.6 Å². The van der Waals surface area contributed by atoms with Crippen LogP contribution < -0.4 is 9.84 Å². The van der Waals surface area contributed by atoms with E-state index < -0.39 is 12.0 Å². The highest BCUT2D eigenvalue weighted by Gasteiger charge is 2.30. The summed E-state index contributed by atoms with van der Waals surface area (Å²) in [5.74, 6) is -0.146. The molecule has 1 amide bonds. The number of benzene rings is 1. The molecule has 0 aliphatic carbocycles. The third kappa shape index (κ3) is 4.00. The van der Waals surface area contributed by atoms with E-state index in [2.05, 4.69) is 13.8 Å². The largest absolute Gasteiger partial charge is 0.548 e. The normalized spacial score (nSPS) is 17.8. The van der Waals surface area contributed by atoms with Crippen LogP contribution in [0.1, 0.15) is 43.5 Å². The Morgan fingerprint density at radius 1 is 1.32 bits per heavy atom. The number of nitrogens with zero attached hydrogens (tertiary/aromatic N) is 1. The van der Waals surface area contributed by atoms with Crippen LogP contribution in [0.3, 0.4) is 0 Å². The quantitative estimate of drug-likeness (QED) is 0.798. The molecule has 1 saturated heterocycles. The molecule has 1 aliphatic rings. The van der Waals surface area contributed by atoms with Crippen LogP contribution in [0.2, 0.25) is 0 Å². The molecule has 0 spiro atoms. The van der Waals surface area contributed by atoms with E-state index in [9.17, 15) is 14.7 Å². The zero-order valence-electron chi connectivity index (χ0n) is 13.1. The Kier molecular flexibility index (Phi) is 5.41. The molecule has 2 rings (SSSR count). The second-order valence-corrected chi connectivity index (χ2v) is 6.03. The number of hydrogen-bond donors (Lipinski definition) is 0. The van der Waals surface area contributed by atoms with Gasteiger partial charge in [0, 0.05) is 12.1 Å². The highest BCUT2D eigenvalue weighted by molar-refractivity contribution is 5.96. The zero-order chi connectivity index (χ0) is 16.1. The smallest absolute Gasteiger partial charge is 0.254 e. The van der Waals surface area contributed by atoms with Crippen LogP contribution in [0.5, 0.6) is 5.75 Å². The van der Waals surface area contributed by atoms with Gasteiger partial charge in [0.15, 0.2) is 0 Å². The molecule has 1 fully saturated rings. The van der Waals surface area contributed by atoms with Crippen LogP contribution in [0.15, 0.2) is 24.3 Å². The Labute approximate surface area is 130 Å². The minimum Gasteiger partial charge on any atom is -0.548 e. The number of rotatable bonds is 6. The lowest BCUT2D eigenvalue weighted by atomic mass is 10.1. The molecule has 1 aromatic rings. The highest BCUT2D eigenvalue weighted by atomic mass is 16.5. The molecule has 1 atom stereocenters. The van der Waals surface area contributed by atoms with Gasteiger partial charge in [-0.2, -0.15) is 0 Å². The van der Waals surface area contributed by atoms with Crippen LogP contribution in [0.25, 0.3) is 0 Å². The fraction of sp³-hybridized carbons (Fsp3) is 0.529. The highest BCUT2D eigenvalue weighted by Crippen LogP contribution is 2.21. The van der Waals surface area contributed by atoms with Crippen molar-refractivity contribution in [2.24, 2.45) is 5.92 Å². The maximum atomic E-state index is 12.4. The molecule has 1 heterocycles. The number of ether oxygens (including phenoxy) is 1. The van der Waals surface area contributed by atoms with Gasteiger partial charge >= 0.3 is 0 Å². The van der Waals surface area contributed by atoms with Crippen molar-refractivity contribution in [1.82, 2.24) is 4.90 Å². The fourth-order valence-corrected chi connectivity index (χ4v) is 2.53. The second kappa shape index (κ2) is 7.29. The Bertz CT molecular complexity index is 524. The molecule has 0 radical (unpaired) electrons. The molecule has 0 aromatic heterocycles. The molecule has 22 heavy (non-hydrogen) atoms. The first kappa shape index (κ1) is 16.3. The molecule has 0 saturated carbocycles. The maximum Gasteiger partial charge on any atom is 0.254 e. The molecule has 1 aromatic carbocycles. The Morgan fingerprint density at radius 2 is 2.00 bits per heavy atom. The van der Waals surface area contributed by atoms with Crippen molar-refractivity contribution < 1.29 is 19.4 Å². The number of carboxylic acid groups (broad SMARTS) is 1. The van der Waals surface area contributed by atoms with E-state index in [-0.39, 0.29) is 5.91 Å². The van der Waals surface area contributed by atoms with Crippen molar-refractivity contribution in [3.8, 4) is 5.75 Å².